The highest BCUT2D eigenvalue weighted by atomic mass is 16.7. The van der Waals surface area contributed by atoms with Gasteiger partial charge < -0.3 is 14.6 Å². The molecule has 0 spiro atoms. The largest absolute Gasteiger partial charge is 0.481 e. The second kappa shape index (κ2) is 10.8. The Morgan fingerprint density at radius 2 is 1.70 bits per heavy atom. The van der Waals surface area contributed by atoms with Gasteiger partial charge in [-0.15, -0.1) is 0 Å². The lowest BCUT2D eigenvalue weighted by Crippen LogP contribution is -2.53. The first kappa shape index (κ1) is 26.7. The molecule has 3 rings (SSSR count). The minimum Gasteiger partial charge on any atom is -0.481 e. The number of carbonyl (C=O) groups is 2. The summed E-state index contributed by atoms with van der Waals surface area (Å²) in [6.07, 6.45) is 9.72. The molecule has 5 nitrogen and oxygen atoms in total. The van der Waals surface area contributed by atoms with Crippen LogP contribution in [0.2, 0.25) is 0 Å². The second-order valence-corrected chi connectivity index (χ2v) is 12.4. The summed E-state index contributed by atoms with van der Waals surface area (Å²) in [6.45, 7) is 11.6. The molecule has 3 fully saturated rings. The number of carboxylic acids is 1. The molecule has 4 unspecified atom stereocenters. The van der Waals surface area contributed by atoms with Crippen molar-refractivity contribution in [2.24, 2.45) is 46.3 Å². The number of Topliss-reactive ketones (excluding diaryl/α,β-unsaturated/α-hetero) is 1. The van der Waals surface area contributed by atoms with Crippen LogP contribution < -0.4 is 0 Å². The number of hydrogen-bond donors (Lipinski definition) is 1. The first-order valence-corrected chi connectivity index (χ1v) is 13.4. The highest BCUT2D eigenvalue weighted by molar-refractivity contribution is 5.87. The number of ketones is 1. The van der Waals surface area contributed by atoms with E-state index in [9.17, 15) is 14.7 Å². The standard InChI is InChI=1S/C28H48O5/c1-18(2)8-7-9-19(3)21-10-11-22-25(29)23(13-15-27(21,22)4)28(5)14-12-20(33-17-32-6)16-24(28)26(30)31/h18-24H,7-17H2,1-6H3,(H,30,31)/t19?,20?,21-,22+,23+,24?,27-,28?/m1/s1. The number of rotatable bonds is 10. The van der Waals surface area contributed by atoms with Crippen LogP contribution >= 0.6 is 0 Å². The van der Waals surface area contributed by atoms with Crippen molar-refractivity contribution in [3.63, 3.8) is 0 Å². The van der Waals surface area contributed by atoms with Gasteiger partial charge in [0.15, 0.2) is 0 Å². The van der Waals surface area contributed by atoms with Gasteiger partial charge in [-0.1, -0.05) is 53.9 Å². The Labute approximate surface area is 201 Å². The summed E-state index contributed by atoms with van der Waals surface area (Å²) in [5.41, 5.74) is -0.406. The Balaban J connectivity index is 1.72. The van der Waals surface area contributed by atoms with Crippen LogP contribution in [0.1, 0.15) is 98.8 Å². The quantitative estimate of drug-likeness (QED) is 0.382. The average molecular weight is 465 g/mol. The topological polar surface area (TPSA) is 72.8 Å². The minimum atomic E-state index is -0.785. The summed E-state index contributed by atoms with van der Waals surface area (Å²) >= 11 is 0. The molecule has 3 saturated carbocycles. The minimum absolute atomic E-state index is 0.0820. The van der Waals surface area contributed by atoms with Gasteiger partial charge in [-0.25, -0.2) is 0 Å². The monoisotopic (exact) mass is 464 g/mol. The zero-order chi connectivity index (χ0) is 24.4. The number of fused-ring (bicyclic) bond motifs is 1. The molecule has 0 aliphatic heterocycles. The molecule has 1 N–H and O–H groups in total. The average Bonchev–Trinajstić information content (AvgIpc) is 3.10. The molecule has 0 aromatic carbocycles. The fourth-order valence-corrected chi connectivity index (χ4v) is 7.98. The molecule has 0 amide bonds. The third kappa shape index (κ3) is 5.34. The lowest BCUT2D eigenvalue weighted by molar-refractivity contribution is -0.167. The number of carboxylic acid groups (broad SMARTS) is 1. The van der Waals surface area contributed by atoms with Gasteiger partial charge in [-0.2, -0.15) is 0 Å². The molecule has 0 bridgehead atoms. The van der Waals surface area contributed by atoms with E-state index in [1.807, 2.05) is 0 Å². The van der Waals surface area contributed by atoms with E-state index in [0.29, 0.717) is 24.0 Å². The van der Waals surface area contributed by atoms with Gasteiger partial charge in [-0.05, 0) is 73.5 Å². The van der Waals surface area contributed by atoms with E-state index in [-0.39, 0.29) is 30.1 Å². The van der Waals surface area contributed by atoms with E-state index < -0.39 is 17.3 Å². The van der Waals surface area contributed by atoms with E-state index in [0.717, 1.165) is 44.4 Å². The molecular formula is C28H48O5. The van der Waals surface area contributed by atoms with Gasteiger partial charge in [0.1, 0.15) is 12.6 Å². The highest BCUT2D eigenvalue weighted by Gasteiger charge is 2.60. The van der Waals surface area contributed by atoms with Crippen LogP contribution in [0.5, 0.6) is 0 Å². The lowest BCUT2D eigenvalue weighted by atomic mass is 9.51. The normalized spacial score (nSPS) is 40.1. The number of ether oxygens (including phenoxy) is 2. The third-order valence-corrected chi connectivity index (χ3v) is 10.0. The van der Waals surface area contributed by atoms with E-state index in [1.54, 1.807) is 7.11 Å². The molecule has 0 radical (unpaired) electrons. The van der Waals surface area contributed by atoms with Crippen LogP contribution in [-0.2, 0) is 19.1 Å². The van der Waals surface area contributed by atoms with E-state index >= 15 is 0 Å². The Hall–Kier alpha value is -0.940. The molecule has 190 valence electrons. The van der Waals surface area contributed by atoms with Crippen molar-refractivity contribution in [3.8, 4) is 0 Å². The molecule has 0 heterocycles. The van der Waals surface area contributed by atoms with Crippen molar-refractivity contribution in [1.29, 1.82) is 0 Å². The van der Waals surface area contributed by atoms with Gasteiger partial charge in [-0.3, -0.25) is 9.59 Å². The predicted octanol–water partition coefficient (Wildman–Crippen LogP) is 6.34. The van der Waals surface area contributed by atoms with Gasteiger partial charge in [0.05, 0.1) is 12.0 Å². The SMILES string of the molecule is COCOC1CCC(C)([C@H]2CC[C@]3(C)[C@@H](C(C)CCCC(C)C)CC[C@H]3C2=O)C(C(=O)O)C1. The van der Waals surface area contributed by atoms with Crippen molar-refractivity contribution >= 4 is 11.8 Å². The first-order chi connectivity index (χ1) is 15.5. The van der Waals surface area contributed by atoms with Crippen molar-refractivity contribution in [2.75, 3.05) is 13.9 Å². The van der Waals surface area contributed by atoms with Crippen LogP contribution in [0.3, 0.4) is 0 Å². The van der Waals surface area contributed by atoms with E-state index in [4.69, 9.17) is 9.47 Å². The maximum absolute atomic E-state index is 14.0. The lowest BCUT2D eigenvalue weighted by Gasteiger charge is -2.52. The zero-order valence-corrected chi connectivity index (χ0v) is 21.9. The zero-order valence-electron chi connectivity index (χ0n) is 21.9. The fraction of sp³-hybridized carbons (Fsp3) is 0.929. The Kier molecular flexibility index (Phi) is 8.70. The second-order valence-electron chi connectivity index (χ2n) is 12.4. The number of methoxy groups -OCH3 is 1. The summed E-state index contributed by atoms with van der Waals surface area (Å²) in [4.78, 5) is 26.3. The fourth-order valence-electron chi connectivity index (χ4n) is 7.98. The van der Waals surface area contributed by atoms with Crippen molar-refractivity contribution in [1.82, 2.24) is 0 Å². The van der Waals surface area contributed by atoms with Crippen LogP contribution in [0.25, 0.3) is 0 Å². The molecule has 8 atom stereocenters. The van der Waals surface area contributed by atoms with Gasteiger partial charge >= 0.3 is 5.97 Å². The molecular weight excluding hydrogens is 416 g/mol. The van der Waals surface area contributed by atoms with Crippen molar-refractivity contribution < 1.29 is 24.2 Å². The van der Waals surface area contributed by atoms with E-state index in [2.05, 4.69) is 34.6 Å². The molecule has 3 aliphatic carbocycles. The molecule has 33 heavy (non-hydrogen) atoms. The summed E-state index contributed by atoms with van der Waals surface area (Å²) in [7, 11) is 1.58. The molecule has 0 aromatic rings. The predicted molar refractivity (Wildman–Crippen MR) is 130 cm³/mol. The summed E-state index contributed by atoms with van der Waals surface area (Å²) in [5, 5.41) is 10.1. The van der Waals surface area contributed by atoms with E-state index in [1.165, 1.54) is 19.3 Å². The van der Waals surface area contributed by atoms with Crippen LogP contribution in [0, 0.1) is 46.3 Å². The van der Waals surface area contributed by atoms with Crippen molar-refractivity contribution in [3.05, 3.63) is 0 Å². The highest BCUT2D eigenvalue weighted by Crippen LogP contribution is 2.62. The molecule has 3 aliphatic rings. The van der Waals surface area contributed by atoms with Gasteiger partial charge in [0, 0.05) is 18.9 Å². The van der Waals surface area contributed by atoms with Crippen molar-refractivity contribution in [2.45, 2.75) is 105 Å². The maximum atomic E-state index is 14.0. The summed E-state index contributed by atoms with van der Waals surface area (Å²) in [6, 6.07) is 0. The summed E-state index contributed by atoms with van der Waals surface area (Å²) < 4.78 is 10.7. The van der Waals surface area contributed by atoms with Crippen LogP contribution in [-0.4, -0.2) is 36.9 Å². The number of carbonyl (C=O) groups excluding carboxylic acids is 1. The third-order valence-electron chi connectivity index (χ3n) is 10.0. The van der Waals surface area contributed by atoms with Crippen LogP contribution in [0.4, 0.5) is 0 Å². The van der Waals surface area contributed by atoms with Gasteiger partial charge in [0.25, 0.3) is 0 Å². The molecule has 5 heteroatoms. The Morgan fingerprint density at radius 3 is 2.33 bits per heavy atom. The molecule has 0 aromatic heterocycles. The Bertz CT molecular complexity index is 690. The first-order valence-electron chi connectivity index (χ1n) is 13.4. The smallest absolute Gasteiger partial charge is 0.307 e. The number of aliphatic carboxylic acids is 1. The Morgan fingerprint density at radius 1 is 1.03 bits per heavy atom. The van der Waals surface area contributed by atoms with Crippen LogP contribution in [0.15, 0.2) is 0 Å². The summed E-state index contributed by atoms with van der Waals surface area (Å²) in [5.74, 6) is 1.01. The maximum Gasteiger partial charge on any atom is 0.307 e. The number of hydrogen-bond acceptors (Lipinski definition) is 4. The molecule has 0 saturated heterocycles. The van der Waals surface area contributed by atoms with Gasteiger partial charge in [0.2, 0.25) is 0 Å².